The van der Waals surface area contributed by atoms with Gasteiger partial charge in [-0.15, -0.1) is 0 Å². The summed E-state index contributed by atoms with van der Waals surface area (Å²) in [6.45, 7) is 13.7. The van der Waals surface area contributed by atoms with Gasteiger partial charge >= 0.3 is 0 Å². The number of anilines is 2. The first-order chi connectivity index (χ1) is 31.9. The van der Waals surface area contributed by atoms with Crippen molar-refractivity contribution in [2.45, 2.75) is 176 Å². The van der Waals surface area contributed by atoms with Crippen LogP contribution in [0, 0.1) is 42.9 Å². The van der Waals surface area contributed by atoms with Crippen LogP contribution in [-0.4, -0.2) is 0 Å². The number of unbranched alkanes of at least 4 members (excludes halogenated alkanes) is 12. The lowest BCUT2D eigenvalue weighted by atomic mass is 9.62. The molecule has 3 aliphatic rings. The van der Waals surface area contributed by atoms with E-state index >= 15 is 0 Å². The van der Waals surface area contributed by atoms with Crippen LogP contribution in [0.5, 0.6) is 0 Å². The molecule has 0 spiro atoms. The molecule has 1 fully saturated rings. The number of nitrogens with zero attached hydrogens (tertiary/aromatic N) is 1. The molecule has 4 aromatic rings. The first-order valence-corrected chi connectivity index (χ1v) is 26.8. The molecule has 0 N–H and O–H groups in total. The van der Waals surface area contributed by atoms with Crippen LogP contribution >= 0.6 is 0 Å². The van der Waals surface area contributed by atoms with Crippen LogP contribution < -0.4 is 4.90 Å². The molecule has 1 nitrogen and oxygen atoms in total. The molecule has 0 amide bonds. The molecule has 346 valence electrons. The van der Waals surface area contributed by atoms with E-state index in [0.717, 1.165) is 12.8 Å². The van der Waals surface area contributed by atoms with Gasteiger partial charge in [-0.05, 0) is 140 Å². The van der Waals surface area contributed by atoms with Crippen molar-refractivity contribution in [3.63, 3.8) is 0 Å². The maximum atomic E-state index is 2.86. The normalized spacial score (nSPS) is 20.0. The largest absolute Gasteiger partial charge is 0.311 e. The highest BCUT2D eigenvalue weighted by Gasteiger charge is 2.57. The Bertz CT molecular complexity index is 1990. The fourth-order valence-corrected chi connectivity index (χ4v) is 12.0. The predicted molar refractivity (Wildman–Crippen MR) is 283 cm³/mol. The Morgan fingerprint density at radius 3 is 1.38 bits per heavy atom. The molecule has 0 heterocycles. The van der Waals surface area contributed by atoms with Crippen LogP contribution in [0.25, 0.3) is 0 Å². The molecule has 3 aliphatic carbocycles. The number of benzene rings is 4. The molecular formula is C64H85N. The summed E-state index contributed by atoms with van der Waals surface area (Å²) in [5.74, 6) is 2.17. The number of fused-ring (bicyclic) bond motifs is 3. The van der Waals surface area contributed by atoms with Crippen molar-refractivity contribution in [3.05, 3.63) is 178 Å². The van der Waals surface area contributed by atoms with Crippen molar-refractivity contribution < 1.29 is 0 Å². The van der Waals surface area contributed by atoms with E-state index in [4.69, 9.17) is 0 Å². The van der Waals surface area contributed by atoms with E-state index in [1.54, 1.807) is 0 Å². The minimum Gasteiger partial charge on any atom is -0.311 e. The second-order valence-corrected chi connectivity index (χ2v) is 20.6. The second kappa shape index (κ2) is 24.4. The highest BCUT2D eigenvalue weighted by molar-refractivity contribution is 5.71. The van der Waals surface area contributed by atoms with E-state index in [-0.39, 0.29) is 11.3 Å². The third kappa shape index (κ3) is 12.2. The highest BCUT2D eigenvalue weighted by Crippen LogP contribution is 2.64. The first kappa shape index (κ1) is 48.6. The van der Waals surface area contributed by atoms with Crippen LogP contribution in [-0.2, 0) is 12.8 Å². The fourth-order valence-electron chi connectivity index (χ4n) is 12.0. The summed E-state index contributed by atoms with van der Waals surface area (Å²) in [6.07, 6.45) is 42.2. The van der Waals surface area contributed by atoms with Gasteiger partial charge in [0.05, 0.1) is 0 Å². The third-order valence-corrected chi connectivity index (χ3v) is 15.8. The van der Waals surface area contributed by atoms with Gasteiger partial charge in [0.25, 0.3) is 0 Å². The van der Waals surface area contributed by atoms with Crippen LogP contribution in [0.15, 0.2) is 145 Å². The van der Waals surface area contributed by atoms with Gasteiger partial charge in [-0.3, -0.25) is 0 Å². The Morgan fingerprint density at radius 2 is 0.862 bits per heavy atom. The molecule has 0 aliphatic heterocycles. The van der Waals surface area contributed by atoms with Crippen molar-refractivity contribution >= 4 is 11.4 Å². The summed E-state index contributed by atoms with van der Waals surface area (Å²) in [4.78, 5) is 2.58. The average molecular weight is 868 g/mol. The van der Waals surface area contributed by atoms with E-state index in [0.29, 0.717) is 23.7 Å². The Morgan fingerprint density at radius 1 is 0.446 bits per heavy atom. The fraction of sp³-hybridized carbons (Fsp3) is 0.500. The van der Waals surface area contributed by atoms with Crippen molar-refractivity contribution in [3.8, 4) is 0 Å². The summed E-state index contributed by atoms with van der Waals surface area (Å²) in [7, 11) is 0. The summed E-state index contributed by atoms with van der Waals surface area (Å²) < 4.78 is 0. The van der Waals surface area contributed by atoms with Crippen LogP contribution in [0.1, 0.15) is 183 Å². The van der Waals surface area contributed by atoms with Crippen molar-refractivity contribution in [1.29, 1.82) is 0 Å². The number of rotatable bonds is 26. The molecule has 0 radical (unpaired) electrons. The molecule has 0 aromatic heterocycles. The van der Waals surface area contributed by atoms with Gasteiger partial charge in [0.1, 0.15) is 0 Å². The molecule has 5 unspecified atom stereocenters. The van der Waals surface area contributed by atoms with Gasteiger partial charge in [0.2, 0.25) is 0 Å². The standard InChI is InChI=1S/C64H85N/c1-7-11-15-17-19-21-45-64(46-22-20-18-16-12-8-2)61-47-55(63(53-33-25-49(5)26-34-53)54-35-29-51(30-36-54)23-13-9-3)37-43-59(61)60-44-42-58(48-62(60)64)65(56-38-27-50(6)28-39-56)57-40-31-52(32-41-57)24-14-10-4/h25-44,47-48,59-63H,7-24,45-46H2,1-6H3. The molecule has 65 heavy (non-hydrogen) atoms. The van der Waals surface area contributed by atoms with Crippen molar-refractivity contribution in [2.75, 3.05) is 4.90 Å². The van der Waals surface area contributed by atoms with E-state index < -0.39 is 0 Å². The molecule has 7 rings (SSSR count). The van der Waals surface area contributed by atoms with E-state index in [9.17, 15) is 0 Å². The monoisotopic (exact) mass is 868 g/mol. The maximum absolute atomic E-state index is 2.86. The SMILES string of the molecule is CCCCCCCCC1(CCCCCCCC)C2C=C(C(c3ccc(C)cc3)c3ccc(CCCC)cc3)C=CC2C2C=CC(N(c3ccc(C)cc3)c3ccc(CCCC)cc3)=CC21. The topological polar surface area (TPSA) is 3.24 Å². The van der Waals surface area contributed by atoms with E-state index in [2.05, 4.69) is 180 Å². The number of hydrogen-bond donors (Lipinski definition) is 0. The Balaban J connectivity index is 1.33. The summed E-state index contributed by atoms with van der Waals surface area (Å²) in [6, 6.07) is 38.0. The predicted octanol–water partition coefficient (Wildman–Crippen LogP) is 18.9. The Labute approximate surface area is 397 Å². The van der Waals surface area contributed by atoms with Gasteiger partial charge in [0, 0.05) is 23.0 Å². The summed E-state index contributed by atoms with van der Waals surface area (Å²) in [5.41, 5.74) is 13.9. The van der Waals surface area contributed by atoms with Gasteiger partial charge in [0.15, 0.2) is 0 Å². The minimum atomic E-state index is 0.182. The molecule has 1 heteroatoms. The zero-order chi connectivity index (χ0) is 45.4. The highest BCUT2D eigenvalue weighted by atomic mass is 15.1. The molecule has 0 bridgehead atoms. The molecule has 0 saturated heterocycles. The van der Waals surface area contributed by atoms with Crippen LogP contribution in [0.2, 0.25) is 0 Å². The van der Waals surface area contributed by atoms with Crippen molar-refractivity contribution in [2.24, 2.45) is 29.1 Å². The van der Waals surface area contributed by atoms with Gasteiger partial charge < -0.3 is 4.90 Å². The van der Waals surface area contributed by atoms with Gasteiger partial charge in [-0.2, -0.15) is 0 Å². The average Bonchev–Trinajstić information content (AvgIpc) is 3.60. The number of allylic oxidation sites excluding steroid dienone is 7. The van der Waals surface area contributed by atoms with Crippen LogP contribution in [0.4, 0.5) is 11.4 Å². The molecular weight excluding hydrogens is 783 g/mol. The van der Waals surface area contributed by atoms with E-state index in [1.165, 1.54) is 172 Å². The van der Waals surface area contributed by atoms with Gasteiger partial charge in [-0.25, -0.2) is 0 Å². The molecule has 5 atom stereocenters. The maximum Gasteiger partial charge on any atom is 0.0461 e. The lowest BCUT2D eigenvalue weighted by Crippen LogP contribution is -2.34. The first-order valence-electron chi connectivity index (χ1n) is 26.8. The summed E-state index contributed by atoms with van der Waals surface area (Å²) in [5, 5.41) is 0. The molecule has 1 saturated carbocycles. The third-order valence-electron chi connectivity index (χ3n) is 15.8. The minimum absolute atomic E-state index is 0.182. The van der Waals surface area contributed by atoms with Crippen LogP contribution in [0.3, 0.4) is 0 Å². The zero-order valence-electron chi connectivity index (χ0n) is 41.7. The molecule has 4 aromatic carbocycles. The van der Waals surface area contributed by atoms with Gasteiger partial charge in [-0.1, -0.05) is 232 Å². The quantitative estimate of drug-likeness (QED) is 0.0569. The van der Waals surface area contributed by atoms with E-state index in [1.807, 2.05) is 0 Å². The second-order valence-electron chi connectivity index (χ2n) is 20.6. The smallest absolute Gasteiger partial charge is 0.0461 e. The summed E-state index contributed by atoms with van der Waals surface area (Å²) >= 11 is 0. The lowest BCUT2D eigenvalue weighted by Gasteiger charge is -2.43. The lowest BCUT2D eigenvalue weighted by molar-refractivity contribution is 0.130. The van der Waals surface area contributed by atoms with Crippen molar-refractivity contribution in [1.82, 2.24) is 0 Å². The number of hydrogen-bond acceptors (Lipinski definition) is 1. The Kier molecular flexibility index (Phi) is 18.2. The Hall–Kier alpha value is -4.36. The number of aryl methyl sites for hydroxylation is 4. The zero-order valence-corrected chi connectivity index (χ0v) is 41.7.